The normalized spacial score (nSPS) is 11.8. The van der Waals surface area contributed by atoms with Crippen LogP contribution in [0.5, 0.6) is 5.88 Å². The number of halogens is 3. The van der Waals surface area contributed by atoms with Gasteiger partial charge in [0.15, 0.2) is 0 Å². The first-order chi connectivity index (χ1) is 9.95. The molecule has 2 rings (SSSR count). The number of hydrogen-bond acceptors (Lipinski definition) is 4. The van der Waals surface area contributed by atoms with Gasteiger partial charge in [0.25, 0.3) is 0 Å². The molecule has 0 saturated carbocycles. The van der Waals surface area contributed by atoms with Gasteiger partial charge in [-0.1, -0.05) is 36.4 Å². The van der Waals surface area contributed by atoms with E-state index < -0.39 is 12.0 Å². The predicted molar refractivity (Wildman–Crippen MR) is 72.4 cm³/mol. The van der Waals surface area contributed by atoms with Crippen molar-refractivity contribution in [2.24, 2.45) is 0 Å². The molecule has 0 amide bonds. The van der Waals surface area contributed by atoms with Crippen LogP contribution in [0.25, 0.3) is 6.08 Å². The molecule has 0 unspecified atom stereocenters. The van der Waals surface area contributed by atoms with Crippen LogP contribution in [0.1, 0.15) is 11.4 Å². The summed E-state index contributed by atoms with van der Waals surface area (Å²) >= 11 is 0. The Kier molecular flexibility index (Phi) is 4.42. The third kappa shape index (κ3) is 4.48. The largest absolute Gasteiger partial charge is 0.473 e. The van der Waals surface area contributed by atoms with E-state index in [1.54, 1.807) is 12.2 Å². The molecular formula is C14H12F3N3O. The Bertz CT molecular complexity index is 627. The van der Waals surface area contributed by atoms with E-state index in [4.69, 9.17) is 10.5 Å². The van der Waals surface area contributed by atoms with Crippen LogP contribution < -0.4 is 10.5 Å². The van der Waals surface area contributed by atoms with Gasteiger partial charge in [-0.15, -0.1) is 0 Å². The molecule has 21 heavy (non-hydrogen) atoms. The number of ether oxygens (including phenoxy) is 1. The summed E-state index contributed by atoms with van der Waals surface area (Å²) in [5.41, 5.74) is 6.26. The molecule has 1 heterocycles. The third-order valence-corrected chi connectivity index (χ3v) is 2.41. The highest BCUT2D eigenvalue weighted by Gasteiger charge is 2.35. The number of aromatic nitrogens is 2. The first-order valence-electron chi connectivity index (χ1n) is 6.01. The standard InChI is InChI=1S/C14H12F3N3O/c15-14(16,17)13-19-11(18)9-12(20-13)21-8-4-7-10-5-2-1-3-6-10/h1-7,9H,8H2,(H2,18,19,20)/b7-4+. The zero-order valence-electron chi connectivity index (χ0n) is 10.8. The quantitative estimate of drug-likeness (QED) is 0.941. The number of nitrogen functional groups attached to an aromatic ring is 1. The van der Waals surface area contributed by atoms with Crippen LogP contribution in [0.15, 0.2) is 42.5 Å². The number of benzene rings is 1. The minimum Gasteiger partial charge on any atom is -0.473 e. The molecule has 0 aliphatic carbocycles. The second-order valence-electron chi connectivity index (χ2n) is 4.08. The van der Waals surface area contributed by atoms with Crippen molar-refractivity contribution in [1.29, 1.82) is 0 Å². The lowest BCUT2D eigenvalue weighted by Gasteiger charge is -2.08. The fourth-order valence-corrected chi connectivity index (χ4v) is 1.53. The number of nitrogens with zero attached hydrogens (tertiary/aromatic N) is 2. The van der Waals surface area contributed by atoms with Crippen LogP contribution in [0, 0.1) is 0 Å². The molecule has 2 N–H and O–H groups in total. The molecule has 0 aliphatic heterocycles. The van der Waals surface area contributed by atoms with Crippen LogP contribution in [0.4, 0.5) is 19.0 Å². The smallest absolute Gasteiger partial charge is 0.451 e. The fraction of sp³-hybridized carbons (Fsp3) is 0.143. The van der Waals surface area contributed by atoms with E-state index >= 15 is 0 Å². The van der Waals surface area contributed by atoms with Gasteiger partial charge in [0.2, 0.25) is 11.7 Å². The van der Waals surface area contributed by atoms with E-state index in [0.29, 0.717) is 0 Å². The van der Waals surface area contributed by atoms with Crippen LogP contribution in [-0.4, -0.2) is 16.6 Å². The highest BCUT2D eigenvalue weighted by Crippen LogP contribution is 2.28. The average Bonchev–Trinajstić information content (AvgIpc) is 2.43. The zero-order chi connectivity index (χ0) is 15.3. The maximum absolute atomic E-state index is 12.5. The SMILES string of the molecule is Nc1cc(OC/C=C/c2ccccc2)nc(C(F)(F)F)n1. The lowest BCUT2D eigenvalue weighted by atomic mass is 10.2. The van der Waals surface area contributed by atoms with E-state index in [0.717, 1.165) is 11.6 Å². The van der Waals surface area contributed by atoms with Crippen molar-refractivity contribution in [3.63, 3.8) is 0 Å². The van der Waals surface area contributed by atoms with Crippen molar-refractivity contribution in [2.75, 3.05) is 12.3 Å². The summed E-state index contributed by atoms with van der Waals surface area (Å²) in [5.74, 6) is -1.82. The Morgan fingerprint density at radius 1 is 1.14 bits per heavy atom. The zero-order valence-corrected chi connectivity index (χ0v) is 10.8. The summed E-state index contributed by atoms with van der Waals surface area (Å²) in [6.07, 6.45) is -1.20. The first-order valence-corrected chi connectivity index (χ1v) is 6.01. The van der Waals surface area contributed by atoms with Gasteiger partial charge in [0.05, 0.1) is 0 Å². The molecule has 0 radical (unpaired) electrons. The van der Waals surface area contributed by atoms with E-state index in [9.17, 15) is 13.2 Å². The summed E-state index contributed by atoms with van der Waals surface area (Å²) in [6.45, 7) is 0.0721. The van der Waals surface area contributed by atoms with Crippen molar-refractivity contribution < 1.29 is 17.9 Å². The van der Waals surface area contributed by atoms with Crippen LogP contribution in [-0.2, 0) is 6.18 Å². The fourth-order valence-electron chi connectivity index (χ4n) is 1.53. The first kappa shape index (κ1) is 14.8. The van der Waals surface area contributed by atoms with E-state index in [1.807, 2.05) is 30.3 Å². The topological polar surface area (TPSA) is 61.0 Å². The van der Waals surface area contributed by atoms with E-state index in [1.165, 1.54) is 0 Å². The average molecular weight is 295 g/mol. The van der Waals surface area contributed by atoms with Crippen LogP contribution in [0.2, 0.25) is 0 Å². The van der Waals surface area contributed by atoms with Gasteiger partial charge in [0.1, 0.15) is 12.4 Å². The number of alkyl halides is 3. The summed E-state index contributed by atoms with van der Waals surface area (Å²) in [4.78, 5) is 6.40. The lowest BCUT2D eigenvalue weighted by Crippen LogP contribution is -2.13. The Morgan fingerprint density at radius 2 is 1.86 bits per heavy atom. The van der Waals surface area contributed by atoms with Crippen molar-refractivity contribution in [1.82, 2.24) is 9.97 Å². The number of hydrogen-bond donors (Lipinski definition) is 1. The summed E-state index contributed by atoms with van der Waals surface area (Å²) < 4.78 is 42.6. The van der Waals surface area contributed by atoms with Crippen LogP contribution >= 0.6 is 0 Å². The van der Waals surface area contributed by atoms with Crippen LogP contribution in [0.3, 0.4) is 0 Å². The van der Waals surface area contributed by atoms with Gasteiger partial charge >= 0.3 is 6.18 Å². The number of nitrogens with two attached hydrogens (primary N) is 1. The molecule has 7 heteroatoms. The monoisotopic (exact) mass is 295 g/mol. The van der Waals surface area contributed by atoms with Crippen molar-refractivity contribution in [3.05, 3.63) is 53.9 Å². The molecule has 110 valence electrons. The highest BCUT2D eigenvalue weighted by molar-refractivity contribution is 5.48. The minimum absolute atomic E-state index is 0.0721. The molecule has 0 saturated heterocycles. The Labute approximate surface area is 119 Å². The molecule has 1 aromatic carbocycles. The van der Waals surface area contributed by atoms with Gasteiger partial charge in [0, 0.05) is 6.07 Å². The van der Waals surface area contributed by atoms with Gasteiger partial charge < -0.3 is 10.5 Å². The predicted octanol–water partition coefficient (Wildman–Crippen LogP) is 3.17. The highest BCUT2D eigenvalue weighted by atomic mass is 19.4. The molecule has 0 atom stereocenters. The summed E-state index contributed by atoms with van der Waals surface area (Å²) in [5, 5.41) is 0. The van der Waals surface area contributed by atoms with E-state index in [2.05, 4.69) is 9.97 Å². The maximum atomic E-state index is 12.5. The number of anilines is 1. The second-order valence-corrected chi connectivity index (χ2v) is 4.08. The lowest BCUT2D eigenvalue weighted by molar-refractivity contribution is -0.145. The molecule has 2 aromatic rings. The molecule has 4 nitrogen and oxygen atoms in total. The Hall–Kier alpha value is -2.57. The number of rotatable bonds is 4. The van der Waals surface area contributed by atoms with Crippen molar-refractivity contribution in [2.45, 2.75) is 6.18 Å². The third-order valence-electron chi connectivity index (χ3n) is 2.41. The molecule has 1 aromatic heterocycles. The van der Waals surface area contributed by atoms with Gasteiger partial charge in [-0.05, 0) is 11.6 Å². The molecule has 0 aliphatic rings. The Morgan fingerprint density at radius 3 is 2.52 bits per heavy atom. The van der Waals surface area contributed by atoms with E-state index in [-0.39, 0.29) is 18.3 Å². The Balaban J connectivity index is 2.00. The van der Waals surface area contributed by atoms with Gasteiger partial charge in [-0.2, -0.15) is 18.2 Å². The second kappa shape index (κ2) is 6.25. The summed E-state index contributed by atoms with van der Waals surface area (Å²) in [7, 11) is 0. The van der Waals surface area contributed by atoms with Crippen molar-refractivity contribution >= 4 is 11.9 Å². The minimum atomic E-state index is -4.66. The molecular weight excluding hydrogens is 283 g/mol. The van der Waals surface area contributed by atoms with Crippen molar-refractivity contribution in [3.8, 4) is 5.88 Å². The molecule has 0 bridgehead atoms. The summed E-state index contributed by atoms with van der Waals surface area (Å²) in [6, 6.07) is 10.6. The van der Waals surface area contributed by atoms with Gasteiger partial charge in [-0.25, -0.2) is 4.98 Å². The molecule has 0 spiro atoms. The van der Waals surface area contributed by atoms with Gasteiger partial charge in [-0.3, -0.25) is 0 Å². The maximum Gasteiger partial charge on any atom is 0.451 e. The molecule has 0 fully saturated rings.